The van der Waals surface area contributed by atoms with E-state index in [4.69, 9.17) is 4.74 Å². The largest absolute Gasteiger partial charge is 0.504 e. The summed E-state index contributed by atoms with van der Waals surface area (Å²) in [5.74, 6) is 0.330. The summed E-state index contributed by atoms with van der Waals surface area (Å²) < 4.78 is 6.04. The van der Waals surface area contributed by atoms with Crippen LogP contribution in [0.4, 0.5) is 0 Å². The van der Waals surface area contributed by atoms with E-state index in [1.54, 1.807) is 12.1 Å². The smallest absolute Gasteiger partial charge is 0.244 e. The zero-order valence-corrected chi connectivity index (χ0v) is 16.4. The summed E-state index contributed by atoms with van der Waals surface area (Å²) in [6.07, 6.45) is 2.78. The Balaban J connectivity index is 1.96. The molecule has 0 unspecified atom stereocenters. The molecule has 0 saturated heterocycles. The average molecular weight is 452 g/mol. The Labute approximate surface area is 161 Å². The average Bonchev–Trinajstić information content (AvgIpc) is 2.60. The molecule has 0 aromatic heterocycles. The van der Waals surface area contributed by atoms with Crippen molar-refractivity contribution in [1.82, 2.24) is 5.43 Å². The third-order valence-corrected chi connectivity index (χ3v) is 4.37. The number of ether oxygens (including phenoxy) is 1. The molecule has 25 heavy (non-hydrogen) atoms. The van der Waals surface area contributed by atoms with Gasteiger partial charge in [0.15, 0.2) is 11.5 Å². The minimum Gasteiger partial charge on any atom is -0.504 e. The number of nitrogens with zero attached hydrogens (tertiary/aromatic N) is 1. The molecule has 1 amide bonds. The number of aryl methyl sites for hydroxylation is 1. The van der Waals surface area contributed by atoms with E-state index in [1.807, 2.05) is 53.8 Å². The highest BCUT2D eigenvalue weighted by Crippen LogP contribution is 2.32. The maximum absolute atomic E-state index is 12.0. The topological polar surface area (TPSA) is 70.9 Å². The predicted octanol–water partition coefficient (Wildman–Crippen LogP) is 3.65. The highest BCUT2D eigenvalue weighted by molar-refractivity contribution is 14.1. The fraction of sp³-hybridized carbons (Fsp3) is 0.263. The highest BCUT2D eigenvalue weighted by Gasteiger charge is 2.08. The van der Waals surface area contributed by atoms with E-state index in [-0.39, 0.29) is 18.1 Å². The van der Waals surface area contributed by atoms with E-state index >= 15 is 0 Å². The van der Waals surface area contributed by atoms with E-state index in [0.29, 0.717) is 15.9 Å². The standard InChI is InChI=1S/C19H21IN2O3/c1-3-13-5-7-14(8-6-13)11-18(23)22-21-12-15-9-16(20)19(24)17(10-15)25-4-2/h5-10,12,24H,3-4,11H2,1-2H3,(H,22,23)/b21-12+. The Hall–Kier alpha value is -2.09. The molecule has 0 aliphatic carbocycles. The summed E-state index contributed by atoms with van der Waals surface area (Å²) in [6, 6.07) is 11.4. The summed E-state index contributed by atoms with van der Waals surface area (Å²) in [5, 5.41) is 13.9. The van der Waals surface area contributed by atoms with Gasteiger partial charge < -0.3 is 9.84 Å². The maximum atomic E-state index is 12.0. The molecule has 2 aromatic rings. The van der Waals surface area contributed by atoms with Crippen molar-refractivity contribution in [3.8, 4) is 11.5 Å². The number of hydrogen-bond donors (Lipinski definition) is 2. The predicted molar refractivity (Wildman–Crippen MR) is 107 cm³/mol. The molecule has 132 valence electrons. The van der Waals surface area contributed by atoms with Crippen molar-refractivity contribution in [2.75, 3.05) is 6.61 Å². The van der Waals surface area contributed by atoms with Crippen molar-refractivity contribution in [2.45, 2.75) is 26.7 Å². The fourth-order valence-corrected chi connectivity index (χ4v) is 2.86. The Kier molecular flexibility index (Phi) is 7.24. The lowest BCUT2D eigenvalue weighted by molar-refractivity contribution is -0.120. The van der Waals surface area contributed by atoms with Gasteiger partial charge in [-0.25, -0.2) is 5.43 Å². The number of carbonyl (C=O) groups excluding carboxylic acids is 1. The monoisotopic (exact) mass is 452 g/mol. The molecule has 0 fully saturated rings. The molecule has 2 rings (SSSR count). The Morgan fingerprint density at radius 3 is 2.56 bits per heavy atom. The van der Waals surface area contributed by atoms with Crippen molar-refractivity contribution >= 4 is 34.7 Å². The van der Waals surface area contributed by atoms with Crippen LogP contribution >= 0.6 is 22.6 Å². The lowest BCUT2D eigenvalue weighted by atomic mass is 10.1. The van der Waals surface area contributed by atoms with Crippen LogP contribution in [0.25, 0.3) is 0 Å². The van der Waals surface area contributed by atoms with Crippen LogP contribution < -0.4 is 10.2 Å². The number of hydrazone groups is 1. The molecule has 5 nitrogen and oxygen atoms in total. The lowest BCUT2D eigenvalue weighted by Gasteiger charge is -2.08. The van der Waals surface area contributed by atoms with Gasteiger partial charge in [-0.05, 0) is 64.8 Å². The van der Waals surface area contributed by atoms with Gasteiger partial charge in [0.2, 0.25) is 5.91 Å². The second-order valence-corrected chi connectivity index (χ2v) is 6.58. The molecule has 0 bridgehead atoms. The number of nitrogens with one attached hydrogen (secondary N) is 1. The van der Waals surface area contributed by atoms with Gasteiger partial charge in [-0.15, -0.1) is 0 Å². The highest BCUT2D eigenvalue weighted by atomic mass is 127. The molecule has 0 saturated carbocycles. The zero-order chi connectivity index (χ0) is 18.2. The van der Waals surface area contributed by atoms with Crippen LogP contribution in [-0.2, 0) is 17.6 Å². The fourth-order valence-electron chi connectivity index (χ4n) is 2.23. The Bertz CT molecular complexity index is 758. The van der Waals surface area contributed by atoms with Crippen molar-refractivity contribution in [3.05, 3.63) is 56.7 Å². The number of benzene rings is 2. The van der Waals surface area contributed by atoms with Gasteiger partial charge in [0.1, 0.15) is 0 Å². The number of rotatable bonds is 7. The van der Waals surface area contributed by atoms with Crippen LogP contribution in [0, 0.1) is 3.57 Å². The number of halogens is 1. The SMILES string of the molecule is CCOc1cc(/C=N/NC(=O)Cc2ccc(CC)cc2)cc(I)c1O. The number of phenols is 1. The van der Waals surface area contributed by atoms with Crippen LogP contribution in [0.3, 0.4) is 0 Å². The maximum Gasteiger partial charge on any atom is 0.244 e. The van der Waals surface area contributed by atoms with Crippen LogP contribution in [0.2, 0.25) is 0 Å². The third kappa shape index (κ3) is 5.74. The number of aromatic hydroxyl groups is 1. The molecule has 6 heteroatoms. The van der Waals surface area contributed by atoms with Crippen LogP contribution in [0.15, 0.2) is 41.5 Å². The number of carbonyl (C=O) groups is 1. The first-order valence-electron chi connectivity index (χ1n) is 8.08. The summed E-state index contributed by atoms with van der Waals surface area (Å²) in [7, 11) is 0. The van der Waals surface area contributed by atoms with Crippen molar-refractivity contribution in [3.63, 3.8) is 0 Å². The first kappa shape index (κ1) is 19.2. The van der Waals surface area contributed by atoms with Gasteiger partial charge in [-0.2, -0.15) is 5.10 Å². The first-order chi connectivity index (χ1) is 12.0. The minimum absolute atomic E-state index is 0.110. The van der Waals surface area contributed by atoms with E-state index in [1.165, 1.54) is 11.8 Å². The van der Waals surface area contributed by atoms with Gasteiger partial charge >= 0.3 is 0 Å². The molecule has 2 N–H and O–H groups in total. The molecule has 0 aliphatic heterocycles. The second-order valence-electron chi connectivity index (χ2n) is 5.42. The van der Waals surface area contributed by atoms with Crippen LogP contribution in [0.5, 0.6) is 11.5 Å². The molecule has 0 heterocycles. The Morgan fingerprint density at radius 1 is 1.24 bits per heavy atom. The summed E-state index contributed by atoms with van der Waals surface area (Å²) in [4.78, 5) is 12.0. The first-order valence-corrected chi connectivity index (χ1v) is 9.16. The van der Waals surface area contributed by atoms with E-state index in [9.17, 15) is 9.90 Å². The molecule has 0 atom stereocenters. The van der Waals surface area contributed by atoms with Crippen molar-refractivity contribution in [2.24, 2.45) is 5.10 Å². The van der Waals surface area contributed by atoms with Crippen LogP contribution in [0.1, 0.15) is 30.5 Å². The van der Waals surface area contributed by atoms with Crippen molar-refractivity contribution < 1.29 is 14.6 Å². The van der Waals surface area contributed by atoms with Gasteiger partial charge in [0.05, 0.1) is 22.8 Å². The molecular weight excluding hydrogens is 431 g/mol. The van der Waals surface area contributed by atoms with Gasteiger partial charge in [0, 0.05) is 0 Å². The molecule has 0 spiro atoms. The van der Waals surface area contributed by atoms with E-state index in [0.717, 1.165) is 17.5 Å². The number of phenolic OH excluding ortho intramolecular Hbond substituents is 1. The van der Waals surface area contributed by atoms with Gasteiger partial charge in [-0.1, -0.05) is 31.2 Å². The summed E-state index contributed by atoms with van der Waals surface area (Å²) >= 11 is 2.02. The molecule has 0 aliphatic rings. The molecule has 2 aromatic carbocycles. The number of amides is 1. The summed E-state index contributed by atoms with van der Waals surface area (Å²) in [6.45, 7) is 4.40. The molecule has 0 radical (unpaired) electrons. The zero-order valence-electron chi connectivity index (χ0n) is 14.3. The van der Waals surface area contributed by atoms with E-state index in [2.05, 4.69) is 17.5 Å². The summed E-state index contributed by atoms with van der Waals surface area (Å²) in [5.41, 5.74) is 5.44. The minimum atomic E-state index is -0.181. The third-order valence-electron chi connectivity index (χ3n) is 3.55. The lowest BCUT2D eigenvalue weighted by Crippen LogP contribution is -2.19. The Morgan fingerprint density at radius 2 is 1.92 bits per heavy atom. The second kappa shape index (κ2) is 9.41. The number of hydrogen-bond acceptors (Lipinski definition) is 4. The quantitative estimate of drug-likeness (QED) is 0.383. The normalized spacial score (nSPS) is 10.8. The van der Waals surface area contributed by atoms with E-state index < -0.39 is 0 Å². The van der Waals surface area contributed by atoms with Gasteiger partial charge in [-0.3, -0.25) is 4.79 Å². The van der Waals surface area contributed by atoms with Crippen LogP contribution in [-0.4, -0.2) is 23.8 Å². The van der Waals surface area contributed by atoms with Gasteiger partial charge in [0.25, 0.3) is 0 Å². The van der Waals surface area contributed by atoms with Crippen molar-refractivity contribution in [1.29, 1.82) is 0 Å². The molecular formula is C19H21IN2O3.